The summed E-state index contributed by atoms with van der Waals surface area (Å²) in [5.74, 6) is -0.751. The summed E-state index contributed by atoms with van der Waals surface area (Å²) in [6, 6.07) is 26.3. The van der Waals surface area contributed by atoms with E-state index < -0.39 is 23.8 Å². The van der Waals surface area contributed by atoms with Crippen molar-refractivity contribution in [3.8, 4) is 16.9 Å². The summed E-state index contributed by atoms with van der Waals surface area (Å²) in [5.41, 5.74) is 2.50. The maximum Gasteiger partial charge on any atom is 0.416 e. The van der Waals surface area contributed by atoms with Crippen LogP contribution in [0.1, 0.15) is 34.7 Å². The van der Waals surface area contributed by atoms with E-state index in [0.717, 1.165) is 23.3 Å². The standard InChI is InChI=1S/C33H30F3NO5/c1-2-37(32(40)42-22-24-11-7-4-8-12-24)20-28-26(19-30(38)39)15-18-29(41-21-23-9-5-3-6-10-23)31(28)25-13-16-27(17-14-25)33(34,35)36/h3-18H,2,19-22H2,1H3,(H,38,39). The number of carbonyl (C=O) groups is 2. The first-order valence-electron chi connectivity index (χ1n) is 13.3. The second-order valence-electron chi connectivity index (χ2n) is 9.55. The smallest absolute Gasteiger partial charge is 0.416 e. The van der Waals surface area contributed by atoms with Gasteiger partial charge in [-0.05, 0) is 52.9 Å². The molecule has 4 aromatic rings. The Balaban J connectivity index is 1.75. The molecule has 0 aromatic heterocycles. The summed E-state index contributed by atoms with van der Waals surface area (Å²) in [5, 5.41) is 9.65. The first-order valence-corrected chi connectivity index (χ1v) is 13.3. The van der Waals surface area contributed by atoms with Crippen molar-refractivity contribution in [3.63, 3.8) is 0 Å². The monoisotopic (exact) mass is 577 g/mol. The number of hydrogen-bond acceptors (Lipinski definition) is 4. The Morgan fingerprint density at radius 1 is 0.810 bits per heavy atom. The number of hydrogen-bond donors (Lipinski definition) is 1. The Labute approximate surface area is 241 Å². The molecule has 9 heteroatoms. The van der Waals surface area contributed by atoms with E-state index in [4.69, 9.17) is 9.47 Å². The number of rotatable bonds is 11. The Morgan fingerprint density at radius 3 is 1.95 bits per heavy atom. The lowest BCUT2D eigenvalue weighted by Gasteiger charge is -2.25. The van der Waals surface area contributed by atoms with E-state index in [0.29, 0.717) is 28.0 Å². The highest BCUT2D eigenvalue weighted by atomic mass is 19.4. The third-order valence-corrected chi connectivity index (χ3v) is 6.65. The van der Waals surface area contributed by atoms with Gasteiger partial charge in [-0.1, -0.05) is 78.9 Å². The van der Waals surface area contributed by atoms with Crippen LogP contribution in [0.25, 0.3) is 11.1 Å². The molecule has 0 aliphatic heterocycles. The molecule has 0 saturated carbocycles. The quantitative estimate of drug-likeness (QED) is 0.197. The third-order valence-electron chi connectivity index (χ3n) is 6.65. The number of alkyl halides is 3. The summed E-state index contributed by atoms with van der Waals surface area (Å²) in [6.07, 6.45) is -5.50. The Morgan fingerprint density at radius 2 is 1.40 bits per heavy atom. The summed E-state index contributed by atoms with van der Waals surface area (Å²) in [4.78, 5) is 26.3. The maximum atomic E-state index is 13.4. The van der Waals surface area contributed by atoms with Crippen LogP contribution in [0, 0.1) is 0 Å². The van der Waals surface area contributed by atoms with E-state index in [-0.39, 0.29) is 32.7 Å². The number of carboxylic acid groups (broad SMARTS) is 1. The molecule has 0 bridgehead atoms. The van der Waals surface area contributed by atoms with Crippen LogP contribution < -0.4 is 4.74 Å². The van der Waals surface area contributed by atoms with Crippen LogP contribution in [-0.4, -0.2) is 28.6 Å². The van der Waals surface area contributed by atoms with Gasteiger partial charge in [-0.25, -0.2) is 4.79 Å². The molecule has 0 spiro atoms. The Kier molecular flexibility index (Phi) is 9.85. The number of aliphatic carboxylic acids is 1. The van der Waals surface area contributed by atoms with Gasteiger partial charge in [-0.15, -0.1) is 0 Å². The number of ether oxygens (including phenoxy) is 2. The van der Waals surface area contributed by atoms with Gasteiger partial charge in [0.15, 0.2) is 0 Å². The number of amides is 1. The molecule has 0 unspecified atom stereocenters. The fraction of sp³-hybridized carbons (Fsp3) is 0.212. The van der Waals surface area contributed by atoms with Gasteiger partial charge in [0.25, 0.3) is 0 Å². The molecule has 0 aliphatic rings. The molecule has 0 fully saturated rings. The lowest BCUT2D eigenvalue weighted by atomic mass is 9.92. The van der Waals surface area contributed by atoms with E-state index in [2.05, 4.69) is 0 Å². The predicted octanol–water partition coefficient (Wildman–Crippen LogP) is 7.74. The largest absolute Gasteiger partial charge is 0.488 e. The van der Waals surface area contributed by atoms with Crippen LogP contribution in [0.4, 0.5) is 18.0 Å². The molecule has 0 atom stereocenters. The molecule has 1 amide bonds. The molecule has 0 radical (unpaired) electrons. The van der Waals surface area contributed by atoms with Crippen LogP contribution >= 0.6 is 0 Å². The van der Waals surface area contributed by atoms with Gasteiger partial charge in [-0.3, -0.25) is 4.79 Å². The molecular formula is C33H30F3NO5. The topological polar surface area (TPSA) is 76.1 Å². The maximum absolute atomic E-state index is 13.4. The molecule has 4 aromatic carbocycles. The lowest BCUT2D eigenvalue weighted by molar-refractivity contribution is -0.138. The molecule has 4 rings (SSSR count). The molecule has 0 saturated heterocycles. The fourth-order valence-electron chi connectivity index (χ4n) is 4.48. The molecule has 42 heavy (non-hydrogen) atoms. The van der Waals surface area contributed by atoms with Crippen molar-refractivity contribution in [1.82, 2.24) is 4.90 Å². The zero-order valence-electron chi connectivity index (χ0n) is 22.9. The average molecular weight is 578 g/mol. The van der Waals surface area contributed by atoms with Crippen molar-refractivity contribution in [3.05, 3.63) is 125 Å². The zero-order chi connectivity index (χ0) is 30.1. The van der Waals surface area contributed by atoms with Gasteiger partial charge in [0.05, 0.1) is 18.5 Å². The van der Waals surface area contributed by atoms with Crippen LogP contribution in [0.2, 0.25) is 0 Å². The summed E-state index contributed by atoms with van der Waals surface area (Å²) >= 11 is 0. The summed E-state index contributed by atoms with van der Waals surface area (Å²) in [7, 11) is 0. The first kappa shape index (κ1) is 30.2. The third kappa shape index (κ3) is 7.90. The molecule has 1 N–H and O–H groups in total. The zero-order valence-corrected chi connectivity index (χ0v) is 22.9. The van der Waals surface area contributed by atoms with Crippen molar-refractivity contribution < 1.29 is 37.3 Å². The van der Waals surface area contributed by atoms with E-state index in [1.165, 1.54) is 17.0 Å². The van der Waals surface area contributed by atoms with Gasteiger partial charge in [-0.2, -0.15) is 13.2 Å². The Bertz CT molecular complexity index is 1490. The van der Waals surface area contributed by atoms with Gasteiger partial charge in [0.1, 0.15) is 19.0 Å². The van der Waals surface area contributed by atoms with E-state index in [1.54, 1.807) is 19.1 Å². The average Bonchev–Trinajstić information content (AvgIpc) is 2.98. The first-order chi connectivity index (χ1) is 20.2. The number of nitrogens with zero attached hydrogens (tertiary/aromatic N) is 1. The normalized spacial score (nSPS) is 11.1. The minimum Gasteiger partial charge on any atom is -0.488 e. The van der Waals surface area contributed by atoms with E-state index in [1.807, 2.05) is 60.7 Å². The van der Waals surface area contributed by atoms with Crippen molar-refractivity contribution in [1.29, 1.82) is 0 Å². The van der Waals surface area contributed by atoms with Gasteiger partial charge in [0.2, 0.25) is 0 Å². The van der Waals surface area contributed by atoms with Gasteiger partial charge in [0, 0.05) is 12.1 Å². The minimum absolute atomic E-state index is 0.0458. The van der Waals surface area contributed by atoms with Crippen molar-refractivity contribution >= 4 is 12.1 Å². The van der Waals surface area contributed by atoms with Gasteiger partial charge < -0.3 is 19.5 Å². The highest BCUT2D eigenvalue weighted by Gasteiger charge is 2.30. The molecular weight excluding hydrogens is 547 g/mol. The highest BCUT2D eigenvalue weighted by molar-refractivity contribution is 5.79. The highest BCUT2D eigenvalue weighted by Crippen LogP contribution is 2.39. The van der Waals surface area contributed by atoms with Crippen LogP contribution in [0.5, 0.6) is 5.75 Å². The van der Waals surface area contributed by atoms with Crippen molar-refractivity contribution in [2.45, 2.75) is 39.3 Å². The van der Waals surface area contributed by atoms with Crippen molar-refractivity contribution in [2.75, 3.05) is 6.54 Å². The summed E-state index contributed by atoms with van der Waals surface area (Å²) < 4.78 is 51.7. The molecule has 6 nitrogen and oxygen atoms in total. The Hall–Kier alpha value is -4.79. The van der Waals surface area contributed by atoms with E-state index in [9.17, 15) is 27.9 Å². The lowest BCUT2D eigenvalue weighted by Crippen LogP contribution is -2.31. The number of carboxylic acids is 1. The predicted molar refractivity (Wildman–Crippen MR) is 152 cm³/mol. The fourth-order valence-corrected chi connectivity index (χ4v) is 4.48. The number of halogens is 3. The van der Waals surface area contributed by atoms with Crippen LogP contribution in [0.3, 0.4) is 0 Å². The SMILES string of the molecule is CCN(Cc1c(CC(=O)O)ccc(OCc2ccccc2)c1-c1ccc(C(F)(F)F)cc1)C(=O)OCc1ccccc1. The number of carbonyl (C=O) groups excluding carboxylic acids is 1. The molecule has 218 valence electrons. The number of benzene rings is 4. The molecule has 0 heterocycles. The van der Waals surface area contributed by atoms with Gasteiger partial charge >= 0.3 is 18.2 Å². The second-order valence-corrected chi connectivity index (χ2v) is 9.55. The second kappa shape index (κ2) is 13.7. The van der Waals surface area contributed by atoms with Crippen molar-refractivity contribution in [2.24, 2.45) is 0 Å². The van der Waals surface area contributed by atoms with Crippen LogP contribution in [-0.2, 0) is 41.9 Å². The minimum atomic E-state index is -4.53. The van der Waals surface area contributed by atoms with Crippen LogP contribution in [0.15, 0.2) is 97.1 Å². The summed E-state index contributed by atoms with van der Waals surface area (Å²) in [6.45, 7) is 2.16. The molecule has 0 aliphatic carbocycles. The van der Waals surface area contributed by atoms with E-state index >= 15 is 0 Å².